The van der Waals surface area contributed by atoms with Gasteiger partial charge in [0.2, 0.25) is 0 Å². The summed E-state index contributed by atoms with van der Waals surface area (Å²) in [7, 11) is 0. The second-order valence-electron chi connectivity index (χ2n) is 8.22. The van der Waals surface area contributed by atoms with Gasteiger partial charge in [0, 0.05) is 29.9 Å². The fourth-order valence-electron chi connectivity index (χ4n) is 4.07. The van der Waals surface area contributed by atoms with E-state index in [9.17, 15) is 9.59 Å². The Hall–Kier alpha value is -4.38. The summed E-state index contributed by atoms with van der Waals surface area (Å²) in [6, 6.07) is 31.8. The number of nitrogens with one attached hydrogen (secondary N) is 1. The highest BCUT2D eigenvalue weighted by atomic mass is 16.5. The third-order valence-corrected chi connectivity index (χ3v) is 5.88. The summed E-state index contributed by atoms with van der Waals surface area (Å²) < 4.78 is 5.79. The summed E-state index contributed by atoms with van der Waals surface area (Å²) >= 11 is 0. The summed E-state index contributed by atoms with van der Waals surface area (Å²) in [5.74, 6) is 1.24. The Kier molecular flexibility index (Phi) is 6.08. The number of hydrogen-bond acceptors (Lipinski definition) is 3. The van der Waals surface area contributed by atoms with Crippen LogP contribution in [0.1, 0.15) is 31.8 Å². The van der Waals surface area contributed by atoms with Gasteiger partial charge in [0.25, 0.3) is 11.8 Å². The monoisotopic (exact) mass is 448 g/mol. The third kappa shape index (κ3) is 4.84. The van der Waals surface area contributed by atoms with Crippen LogP contribution in [0, 0.1) is 0 Å². The molecule has 0 aliphatic carbocycles. The van der Waals surface area contributed by atoms with Crippen molar-refractivity contribution in [3.05, 3.63) is 125 Å². The van der Waals surface area contributed by atoms with E-state index in [0.29, 0.717) is 35.7 Å². The van der Waals surface area contributed by atoms with Gasteiger partial charge >= 0.3 is 0 Å². The van der Waals surface area contributed by atoms with Gasteiger partial charge in [-0.2, -0.15) is 0 Å². The van der Waals surface area contributed by atoms with Crippen molar-refractivity contribution >= 4 is 17.5 Å². The second-order valence-corrected chi connectivity index (χ2v) is 8.22. The normalized spacial score (nSPS) is 12.5. The van der Waals surface area contributed by atoms with Gasteiger partial charge in [0.15, 0.2) is 0 Å². The maximum Gasteiger partial charge on any atom is 0.255 e. The van der Waals surface area contributed by atoms with E-state index >= 15 is 0 Å². The number of para-hydroxylation sites is 1. The number of ether oxygens (including phenoxy) is 1. The Morgan fingerprint density at radius 2 is 1.38 bits per heavy atom. The molecule has 0 unspecified atom stereocenters. The summed E-state index contributed by atoms with van der Waals surface area (Å²) in [6.07, 6.45) is 0.797. The summed E-state index contributed by atoms with van der Waals surface area (Å²) in [5.41, 5.74) is 4.20. The molecule has 2 amide bonds. The molecule has 5 rings (SSSR count). The van der Waals surface area contributed by atoms with Gasteiger partial charge < -0.3 is 15.0 Å². The number of carbonyl (C=O) groups is 2. The number of rotatable bonds is 5. The van der Waals surface area contributed by atoms with Gasteiger partial charge in [-0.15, -0.1) is 0 Å². The predicted octanol–water partition coefficient (Wildman–Crippen LogP) is 5.93. The first-order chi connectivity index (χ1) is 16.7. The average molecular weight is 449 g/mol. The predicted molar refractivity (Wildman–Crippen MR) is 132 cm³/mol. The molecule has 0 aromatic heterocycles. The van der Waals surface area contributed by atoms with Crippen LogP contribution in [-0.2, 0) is 13.0 Å². The lowest BCUT2D eigenvalue weighted by molar-refractivity contribution is 0.0734. The molecule has 34 heavy (non-hydrogen) atoms. The van der Waals surface area contributed by atoms with Crippen molar-refractivity contribution in [2.75, 3.05) is 11.9 Å². The zero-order valence-electron chi connectivity index (χ0n) is 18.6. The van der Waals surface area contributed by atoms with Gasteiger partial charge in [-0.3, -0.25) is 9.59 Å². The number of benzene rings is 4. The molecule has 0 spiro atoms. The summed E-state index contributed by atoms with van der Waals surface area (Å²) in [4.78, 5) is 27.5. The van der Waals surface area contributed by atoms with E-state index < -0.39 is 0 Å². The van der Waals surface area contributed by atoms with Gasteiger partial charge in [-0.25, -0.2) is 0 Å². The standard InChI is InChI=1S/C29H24N2O3/c32-28(22-12-15-27(16-13-22)34-26-9-5-2-6-10-26)30-25-14-11-21-17-18-31(20-24(21)19-25)29(33)23-7-3-1-4-8-23/h1-16,19H,17-18,20H2,(H,30,32). The van der Waals surface area contributed by atoms with Crippen LogP contribution in [0.4, 0.5) is 5.69 Å². The first-order valence-electron chi connectivity index (χ1n) is 11.3. The van der Waals surface area contributed by atoms with Crippen LogP contribution in [0.25, 0.3) is 0 Å². The maximum atomic E-state index is 12.8. The van der Waals surface area contributed by atoms with Crippen molar-refractivity contribution in [2.24, 2.45) is 0 Å². The highest BCUT2D eigenvalue weighted by molar-refractivity contribution is 6.04. The molecule has 5 heteroatoms. The van der Waals surface area contributed by atoms with Crippen molar-refractivity contribution in [1.29, 1.82) is 0 Å². The van der Waals surface area contributed by atoms with Crippen LogP contribution in [-0.4, -0.2) is 23.3 Å². The number of fused-ring (bicyclic) bond motifs is 1. The molecule has 0 fully saturated rings. The minimum atomic E-state index is -0.195. The van der Waals surface area contributed by atoms with Crippen molar-refractivity contribution in [3.8, 4) is 11.5 Å². The van der Waals surface area contributed by atoms with E-state index in [1.807, 2.05) is 83.8 Å². The van der Waals surface area contributed by atoms with E-state index in [-0.39, 0.29) is 11.8 Å². The Balaban J connectivity index is 1.25. The van der Waals surface area contributed by atoms with E-state index in [1.165, 1.54) is 5.56 Å². The Morgan fingerprint density at radius 1 is 0.706 bits per heavy atom. The molecule has 0 radical (unpaired) electrons. The van der Waals surface area contributed by atoms with Crippen LogP contribution < -0.4 is 10.1 Å². The van der Waals surface area contributed by atoms with Crippen LogP contribution in [0.15, 0.2) is 103 Å². The lowest BCUT2D eigenvalue weighted by atomic mass is 9.98. The van der Waals surface area contributed by atoms with Crippen molar-refractivity contribution in [3.63, 3.8) is 0 Å². The van der Waals surface area contributed by atoms with Gasteiger partial charge in [0.05, 0.1) is 0 Å². The molecule has 4 aromatic rings. The molecule has 0 saturated heterocycles. The number of hydrogen-bond donors (Lipinski definition) is 1. The highest BCUT2D eigenvalue weighted by Gasteiger charge is 2.22. The molecular weight excluding hydrogens is 424 g/mol. The first kappa shape index (κ1) is 21.5. The zero-order valence-corrected chi connectivity index (χ0v) is 18.6. The highest BCUT2D eigenvalue weighted by Crippen LogP contribution is 2.25. The fraction of sp³-hybridized carbons (Fsp3) is 0.103. The van der Waals surface area contributed by atoms with Gasteiger partial charge in [-0.05, 0) is 78.2 Å². The molecule has 1 N–H and O–H groups in total. The van der Waals surface area contributed by atoms with Crippen LogP contribution in [0.3, 0.4) is 0 Å². The van der Waals surface area contributed by atoms with E-state index in [1.54, 1.807) is 24.3 Å². The minimum Gasteiger partial charge on any atom is -0.457 e. The van der Waals surface area contributed by atoms with Crippen molar-refractivity contribution in [1.82, 2.24) is 4.90 Å². The molecule has 0 saturated carbocycles. The van der Waals surface area contributed by atoms with E-state index in [0.717, 1.165) is 17.7 Å². The number of carbonyl (C=O) groups excluding carboxylic acids is 2. The Morgan fingerprint density at radius 3 is 2.12 bits per heavy atom. The number of nitrogens with zero attached hydrogens (tertiary/aromatic N) is 1. The molecular formula is C29H24N2O3. The summed E-state index contributed by atoms with van der Waals surface area (Å²) in [5, 5.41) is 2.97. The van der Waals surface area contributed by atoms with Crippen LogP contribution in [0.2, 0.25) is 0 Å². The molecule has 0 atom stereocenters. The molecule has 1 heterocycles. The lowest BCUT2D eigenvalue weighted by Gasteiger charge is -2.29. The Labute approximate surface area is 198 Å². The summed E-state index contributed by atoms with van der Waals surface area (Å²) in [6.45, 7) is 1.21. The van der Waals surface area contributed by atoms with Crippen LogP contribution >= 0.6 is 0 Å². The smallest absolute Gasteiger partial charge is 0.255 e. The quantitative estimate of drug-likeness (QED) is 0.412. The van der Waals surface area contributed by atoms with E-state index in [2.05, 4.69) is 5.32 Å². The molecule has 0 bridgehead atoms. The topological polar surface area (TPSA) is 58.6 Å². The minimum absolute atomic E-state index is 0.0264. The SMILES string of the molecule is O=C(Nc1ccc2c(c1)CN(C(=O)c1ccccc1)CC2)c1ccc(Oc2ccccc2)cc1. The number of amides is 2. The number of anilines is 1. The largest absolute Gasteiger partial charge is 0.457 e. The van der Waals surface area contributed by atoms with E-state index in [4.69, 9.17) is 4.74 Å². The fourth-order valence-corrected chi connectivity index (χ4v) is 4.07. The lowest BCUT2D eigenvalue weighted by Crippen LogP contribution is -2.36. The van der Waals surface area contributed by atoms with Gasteiger partial charge in [0.1, 0.15) is 11.5 Å². The molecule has 1 aliphatic heterocycles. The van der Waals surface area contributed by atoms with Crippen molar-refractivity contribution < 1.29 is 14.3 Å². The molecule has 168 valence electrons. The molecule has 5 nitrogen and oxygen atoms in total. The van der Waals surface area contributed by atoms with Gasteiger partial charge in [-0.1, -0.05) is 42.5 Å². The first-order valence-corrected chi connectivity index (χ1v) is 11.3. The maximum absolute atomic E-state index is 12.8. The molecule has 1 aliphatic rings. The zero-order chi connectivity index (χ0) is 23.3. The van der Waals surface area contributed by atoms with Crippen molar-refractivity contribution in [2.45, 2.75) is 13.0 Å². The van der Waals surface area contributed by atoms with Crippen LogP contribution in [0.5, 0.6) is 11.5 Å². The average Bonchev–Trinajstić information content (AvgIpc) is 2.89. The Bertz CT molecular complexity index is 1300. The second kappa shape index (κ2) is 9.63. The third-order valence-electron chi connectivity index (χ3n) is 5.88. The molecule has 4 aromatic carbocycles.